The number of hydrogen-bond acceptors (Lipinski definition) is 4. The summed E-state index contributed by atoms with van der Waals surface area (Å²) >= 11 is 9.07. The van der Waals surface area contributed by atoms with Gasteiger partial charge in [-0.05, 0) is 51.6 Å². The SMILES string of the molecule is Oc1ccc(CCNc2nc(Cl)ncc2Br)cc1. The fraction of sp³-hybridized carbons (Fsp3) is 0.167. The van der Waals surface area contributed by atoms with Gasteiger partial charge >= 0.3 is 0 Å². The Labute approximate surface area is 118 Å². The number of anilines is 1. The summed E-state index contributed by atoms with van der Waals surface area (Å²) in [6, 6.07) is 7.12. The first kappa shape index (κ1) is 13.1. The highest BCUT2D eigenvalue weighted by molar-refractivity contribution is 9.10. The molecule has 0 amide bonds. The van der Waals surface area contributed by atoms with Crippen molar-refractivity contribution in [2.45, 2.75) is 6.42 Å². The highest BCUT2D eigenvalue weighted by Crippen LogP contribution is 2.20. The van der Waals surface area contributed by atoms with Crippen LogP contribution in [0.15, 0.2) is 34.9 Å². The van der Waals surface area contributed by atoms with Crippen LogP contribution in [0.4, 0.5) is 5.82 Å². The molecule has 0 saturated carbocycles. The van der Waals surface area contributed by atoms with Crippen LogP contribution in [-0.4, -0.2) is 21.6 Å². The van der Waals surface area contributed by atoms with Crippen molar-refractivity contribution < 1.29 is 5.11 Å². The van der Waals surface area contributed by atoms with Crippen molar-refractivity contribution in [3.63, 3.8) is 0 Å². The van der Waals surface area contributed by atoms with Crippen LogP contribution in [0.5, 0.6) is 5.75 Å². The molecule has 18 heavy (non-hydrogen) atoms. The molecule has 94 valence electrons. The van der Waals surface area contributed by atoms with Crippen LogP contribution in [0.1, 0.15) is 5.56 Å². The van der Waals surface area contributed by atoms with Gasteiger partial charge in [-0.1, -0.05) is 12.1 Å². The lowest BCUT2D eigenvalue weighted by atomic mass is 10.1. The fourth-order valence-electron chi connectivity index (χ4n) is 1.46. The van der Waals surface area contributed by atoms with E-state index in [0.29, 0.717) is 5.82 Å². The Morgan fingerprint density at radius 1 is 1.28 bits per heavy atom. The van der Waals surface area contributed by atoms with Crippen molar-refractivity contribution in [2.24, 2.45) is 0 Å². The minimum absolute atomic E-state index is 0.213. The smallest absolute Gasteiger partial charge is 0.224 e. The van der Waals surface area contributed by atoms with Crippen molar-refractivity contribution >= 4 is 33.3 Å². The number of rotatable bonds is 4. The van der Waals surface area contributed by atoms with E-state index in [1.165, 1.54) is 0 Å². The summed E-state index contributed by atoms with van der Waals surface area (Å²) in [7, 11) is 0. The van der Waals surface area contributed by atoms with Gasteiger partial charge in [0, 0.05) is 12.7 Å². The normalized spacial score (nSPS) is 10.3. The van der Waals surface area contributed by atoms with E-state index >= 15 is 0 Å². The van der Waals surface area contributed by atoms with E-state index < -0.39 is 0 Å². The second kappa shape index (κ2) is 6.02. The van der Waals surface area contributed by atoms with E-state index in [4.69, 9.17) is 11.6 Å². The summed E-state index contributed by atoms with van der Waals surface area (Å²) < 4.78 is 0.776. The van der Waals surface area contributed by atoms with E-state index in [9.17, 15) is 5.11 Å². The summed E-state index contributed by atoms with van der Waals surface area (Å²) in [6.45, 7) is 0.719. The van der Waals surface area contributed by atoms with Crippen LogP contribution in [0, 0.1) is 0 Å². The predicted molar refractivity (Wildman–Crippen MR) is 75.0 cm³/mol. The summed E-state index contributed by atoms with van der Waals surface area (Å²) in [4.78, 5) is 7.93. The average Bonchev–Trinajstić information content (AvgIpc) is 2.36. The van der Waals surface area contributed by atoms with Gasteiger partial charge < -0.3 is 10.4 Å². The third-order valence-electron chi connectivity index (χ3n) is 2.36. The molecule has 1 heterocycles. The third-order valence-corrected chi connectivity index (χ3v) is 3.12. The Hall–Kier alpha value is -1.33. The summed E-state index contributed by atoms with van der Waals surface area (Å²) in [6.07, 6.45) is 2.44. The van der Waals surface area contributed by atoms with Crippen LogP contribution in [0.2, 0.25) is 5.28 Å². The number of nitrogens with one attached hydrogen (secondary N) is 1. The number of benzene rings is 1. The Morgan fingerprint density at radius 2 is 2.00 bits per heavy atom. The lowest BCUT2D eigenvalue weighted by Crippen LogP contribution is -2.07. The van der Waals surface area contributed by atoms with E-state index in [-0.39, 0.29) is 11.0 Å². The van der Waals surface area contributed by atoms with Crippen LogP contribution in [0.25, 0.3) is 0 Å². The first-order valence-corrected chi connectivity index (χ1v) is 6.52. The number of aromatic nitrogens is 2. The molecular weight excluding hydrogens is 318 g/mol. The van der Waals surface area contributed by atoms with Gasteiger partial charge in [0.25, 0.3) is 0 Å². The molecular formula is C12H11BrClN3O. The molecule has 0 aliphatic rings. The molecule has 0 aliphatic carbocycles. The van der Waals surface area contributed by atoms with Gasteiger partial charge in [-0.3, -0.25) is 0 Å². The number of hydrogen-bond donors (Lipinski definition) is 2. The lowest BCUT2D eigenvalue weighted by Gasteiger charge is -2.07. The molecule has 6 heteroatoms. The number of nitrogens with zero attached hydrogens (tertiary/aromatic N) is 2. The zero-order valence-electron chi connectivity index (χ0n) is 9.40. The van der Waals surface area contributed by atoms with Crippen LogP contribution in [-0.2, 0) is 6.42 Å². The first-order valence-electron chi connectivity index (χ1n) is 5.35. The molecule has 0 aliphatic heterocycles. The maximum Gasteiger partial charge on any atom is 0.224 e. The summed E-state index contributed by atoms with van der Waals surface area (Å²) in [5, 5.41) is 12.6. The number of phenolic OH excluding ortho intramolecular Hbond substituents is 1. The predicted octanol–water partition coefficient (Wildman–Crippen LogP) is 3.25. The van der Waals surface area contributed by atoms with Crippen molar-refractivity contribution in [1.29, 1.82) is 0 Å². The van der Waals surface area contributed by atoms with Gasteiger partial charge in [-0.2, -0.15) is 4.98 Å². The summed E-state index contributed by atoms with van der Waals surface area (Å²) in [5.41, 5.74) is 1.14. The number of halogens is 2. The molecule has 0 saturated heterocycles. The Kier molecular flexibility index (Phi) is 4.38. The first-order chi connectivity index (χ1) is 8.65. The van der Waals surface area contributed by atoms with Crippen molar-refractivity contribution in [1.82, 2.24) is 9.97 Å². The fourth-order valence-corrected chi connectivity index (χ4v) is 1.92. The minimum Gasteiger partial charge on any atom is -0.508 e. The highest BCUT2D eigenvalue weighted by atomic mass is 79.9. The van der Waals surface area contributed by atoms with Crippen LogP contribution >= 0.6 is 27.5 Å². The molecule has 4 nitrogen and oxygen atoms in total. The van der Waals surface area contributed by atoms with Crippen LogP contribution in [0.3, 0.4) is 0 Å². The van der Waals surface area contributed by atoms with E-state index in [0.717, 1.165) is 23.0 Å². The standard InChI is InChI=1S/C12H11BrClN3O/c13-10-7-16-12(14)17-11(10)15-6-5-8-1-3-9(18)4-2-8/h1-4,7,18H,5-6H2,(H,15,16,17). The molecule has 0 atom stereocenters. The monoisotopic (exact) mass is 327 g/mol. The Balaban J connectivity index is 1.92. The van der Waals surface area contributed by atoms with Gasteiger partial charge in [0.05, 0.1) is 4.47 Å². The molecule has 0 fully saturated rings. The molecule has 2 aromatic rings. The average molecular weight is 329 g/mol. The van der Waals surface area contributed by atoms with E-state index in [1.807, 2.05) is 12.1 Å². The largest absolute Gasteiger partial charge is 0.508 e. The zero-order valence-corrected chi connectivity index (χ0v) is 11.7. The molecule has 0 radical (unpaired) electrons. The van der Waals surface area contributed by atoms with Gasteiger partial charge in [0.1, 0.15) is 11.6 Å². The van der Waals surface area contributed by atoms with Crippen LogP contribution < -0.4 is 5.32 Å². The number of phenols is 1. The topological polar surface area (TPSA) is 58.0 Å². The van der Waals surface area contributed by atoms with Crippen molar-refractivity contribution in [2.75, 3.05) is 11.9 Å². The minimum atomic E-state index is 0.213. The molecule has 2 N–H and O–H groups in total. The second-order valence-electron chi connectivity index (χ2n) is 3.68. The summed E-state index contributed by atoms with van der Waals surface area (Å²) in [5.74, 6) is 0.950. The number of aromatic hydroxyl groups is 1. The van der Waals surface area contributed by atoms with Gasteiger partial charge in [0.2, 0.25) is 5.28 Å². The van der Waals surface area contributed by atoms with Crippen molar-refractivity contribution in [3.05, 3.63) is 45.8 Å². The van der Waals surface area contributed by atoms with Gasteiger partial charge in [0.15, 0.2) is 0 Å². The molecule has 0 unspecified atom stereocenters. The maximum absolute atomic E-state index is 9.17. The quantitative estimate of drug-likeness (QED) is 0.846. The van der Waals surface area contributed by atoms with Crippen molar-refractivity contribution in [3.8, 4) is 5.75 Å². The zero-order chi connectivity index (χ0) is 13.0. The van der Waals surface area contributed by atoms with Gasteiger partial charge in [-0.15, -0.1) is 0 Å². The molecule has 2 rings (SSSR count). The second-order valence-corrected chi connectivity index (χ2v) is 4.87. The third kappa shape index (κ3) is 3.58. The Bertz CT molecular complexity index is 533. The highest BCUT2D eigenvalue weighted by Gasteiger charge is 2.03. The van der Waals surface area contributed by atoms with E-state index in [2.05, 4.69) is 31.2 Å². The molecule has 0 bridgehead atoms. The van der Waals surface area contributed by atoms with E-state index in [1.54, 1.807) is 18.3 Å². The maximum atomic E-state index is 9.17. The molecule has 0 spiro atoms. The Morgan fingerprint density at radius 3 is 2.72 bits per heavy atom. The lowest BCUT2D eigenvalue weighted by molar-refractivity contribution is 0.475. The van der Waals surface area contributed by atoms with Gasteiger partial charge in [-0.25, -0.2) is 4.98 Å². The molecule has 1 aromatic heterocycles. The molecule has 1 aromatic carbocycles.